The highest BCUT2D eigenvalue weighted by atomic mass is 35.5. The number of rotatable bonds is 6. The Morgan fingerprint density at radius 3 is 2.57 bits per heavy atom. The van der Waals surface area contributed by atoms with Crippen molar-refractivity contribution in [3.63, 3.8) is 0 Å². The van der Waals surface area contributed by atoms with Gasteiger partial charge in [-0.25, -0.2) is 0 Å². The Bertz CT molecular complexity index is 515. The molecule has 2 N–H and O–H groups in total. The summed E-state index contributed by atoms with van der Waals surface area (Å²) >= 11 is 12.1. The maximum absolute atomic E-state index is 12.2. The molecular formula is C16H21Cl2F3N2. The highest BCUT2D eigenvalue weighted by Gasteiger charge is 2.34. The number of piperidine rings is 1. The van der Waals surface area contributed by atoms with Gasteiger partial charge in [0.05, 0.1) is 16.5 Å². The molecule has 2 nitrogen and oxygen atoms in total. The zero-order chi connectivity index (χ0) is 16.9. The Kier molecular flexibility index (Phi) is 6.60. The van der Waals surface area contributed by atoms with E-state index in [-0.39, 0.29) is 12.0 Å². The Labute approximate surface area is 144 Å². The van der Waals surface area contributed by atoms with Crippen LogP contribution in [0.15, 0.2) is 18.2 Å². The molecule has 1 atom stereocenters. The first kappa shape index (κ1) is 18.8. The second kappa shape index (κ2) is 8.06. The van der Waals surface area contributed by atoms with Gasteiger partial charge in [-0.2, -0.15) is 13.2 Å². The van der Waals surface area contributed by atoms with Crippen molar-refractivity contribution in [2.45, 2.75) is 37.3 Å². The van der Waals surface area contributed by atoms with E-state index in [4.69, 9.17) is 23.2 Å². The van der Waals surface area contributed by atoms with Crippen LogP contribution in [0, 0.1) is 0 Å². The first-order valence-electron chi connectivity index (χ1n) is 7.76. The van der Waals surface area contributed by atoms with Gasteiger partial charge in [0.15, 0.2) is 0 Å². The first-order chi connectivity index (χ1) is 10.8. The third kappa shape index (κ3) is 5.52. The second-order valence-electron chi connectivity index (χ2n) is 6.05. The fraction of sp³-hybridized carbons (Fsp3) is 0.625. The fourth-order valence-electron chi connectivity index (χ4n) is 3.08. The van der Waals surface area contributed by atoms with Crippen LogP contribution < -0.4 is 10.6 Å². The molecule has 0 amide bonds. The van der Waals surface area contributed by atoms with Crippen LogP contribution in [0.2, 0.25) is 10.0 Å². The molecule has 0 spiro atoms. The van der Waals surface area contributed by atoms with Gasteiger partial charge in [0.25, 0.3) is 0 Å². The van der Waals surface area contributed by atoms with Crippen molar-refractivity contribution in [3.05, 3.63) is 33.8 Å². The molecule has 2 rings (SSSR count). The van der Waals surface area contributed by atoms with Gasteiger partial charge in [-0.1, -0.05) is 29.3 Å². The van der Waals surface area contributed by atoms with E-state index in [2.05, 4.69) is 10.6 Å². The molecule has 1 aromatic rings. The summed E-state index contributed by atoms with van der Waals surface area (Å²) in [6.45, 7) is 2.25. The number of hydrogen-bond donors (Lipinski definition) is 2. The number of nitrogens with one attached hydrogen (secondary N) is 2. The van der Waals surface area contributed by atoms with E-state index in [1.54, 1.807) is 6.07 Å². The van der Waals surface area contributed by atoms with Gasteiger partial charge in [0, 0.05) is 18.5 Å². The second-order valence-corrected chi connectivity index (χ2v) is 6.87. The Morgan fingerprint density at radius 2 is 1.96 bits per heavy atom. The van der Waals surface area contributed by atoms with Gasteiger partial charge in [0.2, 0.25) is 0 Å². The van der Waals surface area contributed by atoms with Crippen LogP contribution >= 0.6 is 23.2 Å². The van der Waals surface area contributed by atoms with Gasteiger partial charge < -0.3 is 10.6 Å². The maximum Gasteiger partial charge on any atom is 0.390 e. The van der Waals surface area contributed by atoms with Crippen molar-refractivity contribution in [2.75, 3.05) is 26.2 Å². The fourth-order valence-corrected chi connectivity index (χ4v) is 3.38. The lowest BCUT2D eigenvalue weighted by Crippen LogP contribution is -2.45. The maximum atomic E-state index is 12.2. The average molecular weight is 369 g/mol. The largest absolute Gasteiger partial charge is 0.390 e. The smallest absolute Gasteiger partial charge is 0.316 e. The van der Waals surface area contributed by atoms with Crippen LogP contribution in [0.3, 0.4) is 0 Å². The normalized spacial score (nSPS) is 22.3. The van der Waals surface area contributed by atoms with Gasteiger partial charge >= 0.3 is 6.18 Å². The molecule has 0 aliphatic carbocycles. The molecule has 1 unspecified atom stereocenters. The summed E-state index contributed by atoms with van der Waals surface area (Å²) in [5.74, 6) is 0. The molecule has 0 aromatic heterocycles. The zero-order valence-corrected chi connectivity index (χ0v) is 14.3. The van der Waals surface area contributed by atoms with Crippen molar-refractivity contribution < 1.29 is 13.2 Å². The van der Waals surface area contributed by atoms with Crippen LogP contribution in [-0.4, -0.2) is 32.4 Å². The summed E-state index contributed by atoms with van der Waals surface area (Å²) < 4.78 is 36.5. The van der Waals surface area contributed by atoms with E-state index in [1.807, 2.05) is 12.1 Å². The van der Waals surface area contributed by atoms with Crippen molar-refractivity contribution in [1.82, 2.24) is 10.6 Å². The lowest BCUT2D eigenvalue weighted by molar-refractivity contribution is -0.133. The van der Waals surface area contributed by atoms with Crippen LogP contribution in [0.5, 0.6) is 0 Å². The Balaban J connectivity index is 2.00. The van der Waals surface area contributed by atoms with Gasteiger partial charge in [-0.3, -0.25) is 0 Å². The minimum atomic E-state index is -4.11. The average Bonchev–Trinajstić information content (AvgIpc) is 2.49. The Hall–Kier alpha value is -0.490. The van der Waals surface area contributed by atoms with E-state index in [9.17, 15) is 13.2 Å². The third-order valence-electron chi connectivity index (χ3n) is 4.37. The molecule has 1 aliphatic rings. The number of halogens is 5. The van der Waals surface area contributed by atoms with Crippen molar-refractivity contribution in [1.29, 1.82) is 0 Å². The Morgan fingerprint density at radius 1 is 1.17 bits per heavy atom. The highest BCUT2D eigenvalue weighted by Crippen LogP contribution is 2.37. The standard InChI is InChI=1S/C16H21Cl2F3N2/c17-13-3-2-12(10-14(13)18)15(4-1-7-23-11-15)5-8-22-9-6-16(19,20)21/h2-3,10,22-23H,1,4-9,11H2. The van der Waals surface area contributed by atoms with Gasteiger partial charge in [-0.05, 0) is 50.0 Å². The molecule has 0 saturated carbocycles. The summed E-state index contributed by atoms with van der Waals surface area (Å²) in [7, 11) is 0. The van der Waals surface area contributed by atoms with Crippen molar-refractivity contribution in [3.8, 4) is 0 Å². The lowest BCUT2D eigenvalue weighted by atomic mass is 9.72. The van der Waals surface area contributed by atoms with Crippen LogP contribution in [-0.2, 0) is 5.41 Å². The quantitative estimate of drug-likeness (QED) is 0.719. The topological polar surface area (TPSA) is 24.1 Å². The van der Waals surface area contributed by atoms with Gasteiger partial charge in [-0.15, -0.1) is 0 Å². The molecule has 1 saturated heterocycles. The summed E-state index contributed by atoms with van der Waals surface area (Å²) in [6, 6.07) is 5.64. The van der Waals surface area contributed by atoms with E-state index in [0.29, 0.717) is 16.6 Å². The van der Waals surface area contributed by atoms with E-state index < -0.39 is 12.6 Å². The molecule has 1 fully saturated rings. The summed E-state index contributed by atoms with van der Waals surface area (Å²) in [5.41, 5.74) is 0.981. The minimum absolute atomic E-state index is 0.0472. The van der Waals surface area contributed by atoms with E-state index in [0.717, 1.165) is 37.9 Å². The molecule has 130 valence electrons. The molecule has 0 bridgehead atoms. The van der Waals surface area contributed by atoms with Crippen LogP contribution in [0.4, 0.5) is 13.2 Å². The molecular weight excluding hydrogens is 348 g/mol. The van der Waals surface area contributed by atoms with Crippen LogP contribution in [0.25, 0.3) is 0 Å². The predicted molar refractivity (Wildman–Crippen MR) is 88.4 cm³/mol. The minimum Gasteiger partial charge on any atom is -0.316 e. The van der Waals surface area contributed by atoms with E-state index in [1.165, 1.54) is 0 Å². The molecule has 7 heteroatoms. The highest BCUT2D eigenvalue weighted by molar-refractivity contribution is 6.42. The number of alkyl halides is 3. The molecule has 1 aromatic carbocycles. The van der Waals surface area contributed by atoms with Crippen molar-refractivity contribution >= 4 is 23.2 Å². The predicted octanol–water partition coefficient (Wildman–Crippen LogP) is 4.55. The van der Waals surface area contributed by atoms with Crippen LogP contribution in [0.1, 0.15) is 31.2 Å². The summed E-state index contributed by atoms with van der Waals surface area (Å²) in [6.07, 6.45) is -2.14. The monoisotopic (exact) mass is 368 g/mol. The number of benzene rings is 1. The lowest BCUT2D eigenvalue weighted by Gasteiger charge is -2.39. The van der Waals surface area contributed by atoms with E-state index >= 15 is 0 Å². The number of hydrogen-bond acceptors (Lipinski definition) is 2. The van der Waals surface area contributed by atoms with Crippen molar-refractivity contribution in [2.24, 2.45) is 0 Å². The summed E-state index contributed by atoms with van der Waals surface area (Å²) in [5, 5.41) is 7.32. The van der Waals surface area contributed by atoms with Gasteiger partial charge in [0.1, 0.15) is 0 Å². The summed E-state index contributed by atoms with van der Waals surface area (Å²) in [4.78, 5) is 0. The SMILES string of the molecule is FC(F)(F)CCNCCC1(c2ccc(Cl)c(Cl)c2)CCCNC1. The first-order valence-corrected chi connectivity index (χ1v) is 8.52. The molecule has 0 radical (unpaired) electrons. The zero-order valence-electron chi connectivity index (χ0n) is 12.8. The third-order valence-corrected chi connectivity index (χ3v) is 5.11. The molecule has 23 heavy (non-hydrogen) atoms. The molecule has 1 heterocycles. The molecule has 1 aliphatic heterocycles.